The maximum absolute atomic E-state index is 12.6. The zero-order chi connectivity index (χ0) is 28.0. The fourth-order valence-electron chi connectivity index (χ4n) is 7.63. The molecule has 4 bridgehead atoms. The van der Waals surface area contributed by atoms with Crippen LogP contribution in [0, 0.1) is 47.3 Å². The minimum absolute atomic E-state index is 0.101. The molecule has 2 N–H and O–H groups in total. The van der Waals surface area contributed by atoms with E-state index in [9.17, 15) is 29.4 Å². The summed E-state index contributed by atoms with van der Waals surface area (Å²) in [6.45, 7) is 0. The molecule has 0 radical (unpaired) electrons. The second-order valence-corrected chi connectivity index (χ2v) is 12.2. The summed E-state index contributed by atoms with van der Waals surface area (Å²) in [6, 6.07) is 8.78. The van der Waals surface area contributed by atoms with Gasteiger partial charge < -0.3 is 10.2 Å². The van der Waals surface area contributed by atoms with Crippen LogP contribution in [-0.2, 0) is 19.2 Å². The normalized spacial score (nSPS) is 34.1. The van der Waals surface area contributed by atoms with Gasteiger partial charge in [-0.05, 0) is 72.9 Å². The van der Waals surface area contributed by atoms with Gasteiger partial charge in [-0.3, -0.25) is 19.2 Å². The number of carbonyl (C=O) groups is 4. The topological polar surface area (TPSA) is 115 Å². The van der Waals surface area contributed by atoms with Gasteiger partial charge in [-0.25, -0.2) is 9.80 Å². The first kappa shape index (κ1) is 25.4. The van der Waals surface area contributed by atoms with Gasteiger partial charge in [-0.15, -0.1) is 0 Å². The lowest BCUT2D eigenvalue weighted by Crippen LogP contribution is -2.32. The lowest BCUT2D eigenvalue weighted by molar-refractivity contribution is -0.124. The quantitative estimate of drug-likeness (QED) is 0.394. The van der Waals surface area contributed by atoms with Crippen molar-refractivity contribution >= 4 is 58.2 Å². The van der Waals surface area contributed by atoms with Gasteiger partial charge in [0.15, 0.2) is 0 Å². The molecule has 2 saturated heterocycles. The number of imide groups is 2. The number of anilines is 2. The first-order valence-corrected chi connectivity index (χ1v) is 14.0. The number of nitrogens with zero attached hydrogens (tertiary/aromatic N) is 2. The van der Waals surface area contributed by atoms with Crippen LogP contribution < -0.4 is 9.80 Å². The molecule has 0 aromatic heterocycles. The van der Waals surface area contributed by atoms with Gasteiger partial charge in [-0.1, -0.05) is 47.5 Å². The van der Waals surface area contributed by atoms with Gasteiger partial charge in [0.2, 0.25) is 23.6 Å². The van der Waals surface area contributed by atoms with E-state index >= 15 is 0 Å². The number of allylic oxidation sites excluding steroid dienone is 4. The van der Waals surface area contributed by atoms with Crippen LogP contribution in [0.25, 0.3) is 0 Å². The Labute approximate surface area is 239 Å². The molecule has 2 aliphatic heterocycles. The van der Waals surface area contributed by atoms with E-state index in [1.165, 1.54) is 36.4 Å². The molecular weight excluding hydrogens is 555 g/mol. The number of hydrogen-bond donors (Lipinski definition) is 2. The molecule has 2 heterocycles. The number of amides is 4. The van der Waals surface area contributed by atoms with Gasteiger partial charge >= 0.3 is 0 Å². The molecule has 40 heavy (non-hydrogen) atoms. The second kappa shape index (κ2) is 8.94. The van der Waals surface area contributed by atoms with Gasteiger partial charge in [0.25, 0.3) is 0 Å². The molecule has 4 amide bonds. The van der Waals surface area contributed by atoms with Crippen molar-refractivity contribution in [3.8, 4) is 11.5 Å². The van der Waals surface area contributed by atoms with Gasteiger partial charge in [0.1, 0.15) is 11.5 Å². The lowest BCUT2D eigenvalue weighted by atomic mass is 9.85. The number of fused-ring (bicyclic) bond motifs is 10. The third kappa shape index (κ3) is 3.52. The van der Waals surface area contributed by atoms with Crippen LogP contribution in [-0.4, -0.2) is 33.8 Å². The van der Waals surface area contributed by atoms with E-state index in [-0.39, 0.29) is 93.8 Å². The second-order valence-electron chi connectivity index (χ2n) is 11.3. The number of hydrogen-bond acceptors (Lipinski definition) is 6. The Morgan fingerprint density at radius 3 is 1.15 bits per heavy atom. The van der Waals surface area contributed by atoms with Gasteiger partial charge in [0, 0.05) is 10.0 Å². The number of carbonyl (C=O) groups excluding carboxylic acids is 4. The van der Waals surface area contributed by atoms with Crippen molar-refractivity contribution in [3.63, 3.8) is 0 Å². The number of aromatic hydroxyl groups is 2. The molecule has 8 atom stereocenters. The summed E-state index contributed by atoms with van der Waals surface area (Å²) < 4.78 is 0. The zero-order valence-corrected chi connectivity index (χ0v) is 22.5. The molecule has 0 spiro atoms. The number of phenols is 2. The molecule has 4 fully saturated rings. The number of halogens is 2. The van der Waals surface area contributed by atoms with Crippen molar-refractivity contribution in [3.05, 3.63) is 70.7 Å². The van der Waals surface area contributed by atoms with Gasteiger partial charge in [-0.2, -0.15) is 0 Å². The lowest BCUT2D eigenvalue weighted by Gasteiger charge is -2.18. The van der Waals surface area contributed by atoms with Crippen LogP contribution in [0.4, 0.5) is 11.4 Å². The van der Waals surface area contributed by atoms with Crippen molar-refractivity contribution in [1.82, 2.24) is 0 Å². The smallest absolute Gasteiger partial charge is 0.238 e. The fraction of sp³-hybridized carbons (Fsp3) is 0.333. The van der Waals surface area contributed by atoms with Crippen LogP contribution in [0.5, 0.6) is 11.5 Å². The Balaban J connectivity index is 0.000000132. The van der Waals surface area contributed by atoms with Crippen LogP contribution >= 0.6 is 23.2 Å². The summed E-state index contributed by atoms with van der Waals surface area (Å²) in [4.78, 5) is 52.5. The number of phenolic OH excluding ortho intramolecular Hbond substituents is 2. The van der Waals surface area contributed by atoms with Crippen molar-refractivity contribution < 1.29 is 29.4 Å². The average Bonchev–Trinajstić information content (AvgIpc) is 3.77. The average molecular weight is 579 g/mol. The maximum atomic E-state index is 12.6. The van der Waals surface area contributed by atoms with E-state index in [1.807, 2.05) is 24.3 Å². The summed E-state index contributed by atoms with van der Waals surface area (Å²) >= 11 is 11.8. The number of benzene rings is 2. The van der Waals surface area contributed by atoms with Crippen LogP contribution in [0.15, 0.2) is 60.7 Å². The first-order chi connectivity index (χ1) is 19.2. The molecule has 2 aromatic rings. The van der Waals surface area contributed by atoms with Crippen molar-refractivity contribution in [2.75, 3.05) is 9.80 Å². The van der Waals surface area contributed by atoms with E-state index in [4.69, 9.17) is 23.2 Å². The third-order valence-corrected chi connectivity index (χ3v) is 9.77. The Hall–Kier alpha value is -3.62. The maximum Gasteiger partial charge on any atom is 0.238 e. The highest BCUT2D eigenvalue weighted by Crippen LogP contribution is 2.55. The molecule has 2 aromatic carbocycles. The largest absolute Gasteiger partial charge is 0.506 e. The molecule has 8 nitrogen and oxygen atoms in total. The summed E-state index contributed by atoms with van der Waals surface area (Å²) in [5.74, 6) is -1.49. The highest BCUT2D eigenvalue weighted by molar-refractivity contribution is 6.32. The van der Waals surface area contributed by atoms with Crippen LogP contribution in [0.2, 0.25) is 10.0 Å². The Morgan fingerprint density at radius 1 is 0.550 bits per heavy atom. The van der Waals surface area contributed by atoms with E-state index in [1.54, 1.807) is 0 Å². The molecule has 8 rings (SSSR count). The molecule has 4 aliphatic carbocycles. The predicted molar refractivity (Wildman–Crippen MR) is 147 cm³/mol. The fourth-order valence-corrected chi connectivity index (χ4v) is 7.96. The van der Waals surface area contributed by atoms with E-state index < -0.39 is 0 Å². The SMILES string of the molecule is O=C1[C@@H]2[C@H](C(=O)N1c1cc(Cl)ccc1O)[C@@H]1C=C[C@H]2C1.O=C1[C@@H]2[C@H](C(=O)N1c1cc(Cl)ccc1O)[C@@H]1C=C[C@H]2C1. The number of rotatable bonds is 2. The van der Waals surface area contributed by atoms with Crippen molar-refractivity contribution in [2.24, 2.45) is 47.3 Å². The van der Waals surface area contributed by atoms with Crippen molar-refractivity contribution in [1.29, 1.82) is 0 Å². The standard InChI is InChI=1S/2C15H12ClNO3/c2*16-9-3-4-11(18)10(6-9)17-14(19)12-7-1-2-8(5-7)13(12)15(17)20/h2*1-4,6-8,12-13,18H,5H2/t2*7-,8+,12-,13+. The Bertz CT molecular complexity index is 1390. The summed E-state index contributed by atoms with van der Waals surface area (Å²) in [6.07, 6.45) is 9.94. The van der Waals surface area contributed by atoms with Gasteiger partial charge in [0.05, 0.1) is 35.0 Å². The monoisotopic (exact) mass is 578 g/mol. The molecule has 6 aliphatic rings. The Kier molecular flexibility index (Phi) is 5.67. The molecule has 204 valence electrons. The van der Waals surface area contributed by atoms with E-state index in [0.29, 0.717) is 10.0 Å². The summed E-state index contributed by atoms with van der Waals surface area (Å²) in [5, 5.41) is 20.6. The van der Waals surface area contributed by atoms with E-state index in [2.05, 4.69) is 0 Å². The highest BCUT2D eigenvalue weighted by atomic mass is 35.5. The third-order valence-electron chi connectivity index (χ3n) is 9.30. The molecular formula is C30H24Cl2N2O6. The molecule has 2 saturated carbocycles. The first-order valence-electron chi connectivity index (χ1n) is 13.2. The van der Waals surface area contributed by atoms with Crippen LogP contribution in [0.1, 0.15) is 12.8 Å². The summed E-state index contributed by atoms with van der Waals surface area (Å²) in [5.41, 5.74) is 0.391. The predicted octanol–water partition coefficient (Wildman–Crippen LogP) is 4.71. The van der Waals surface area contributed by atoms with Crippen molar-refractivity contribution in [2.45, 2.75) is 12.8 Å². The molecule has 0 unspecified atom stereocenters. The minimum Gasteiger partial charge on any atom is -0.506 e. The molecule has 10 heteroatoms. The minimum atomic E-state index is -0.268. The highest BCUT2D eigenvalue weighted by Gasteiger charge is 2.61. The zero-order valence-electron chi connectivity index (χ0n) is 21.0. The van der Waals surface area contributed by atoms with E-state index in [0.717, 1.165) is 22.6 Å². The summed E-state index contributed by atoms with van der Waals surface area (Å²) in [7, 11) is 0. The van der Waals surface area contributed by atoms with Crippen LogP contribution in [0.3, 0.4) is 0 Å². The Morgan fingerprint density at radius 2 is 0.850 bits per heavy atom.